The molecule has 5 heteroatoms. The van der Waals surface area contributed by atoms with Gasteiger partial charge in [0, 0.05) is 9.35 Å². The summed E-state index contributed by atoms with van der Waals surface area (Å²) < 4.78 is 1.02. The number of amides is 1. The zero-order chi connectivity index (χ0) is 17.8. The van der Waals surface area contributed by atoms with Gasteiger partial charge in [-0.25, -0.2) is 0 Å². The molecule has 4 rings (SSSR count). The molecule has 0 fully saturated rings. The Labute approximate surface area is 161 Å². The quantitative estimate of drug-likeness (QED) is 0.640. The summed E-state index contributed by atoms with van der Waals surface area (Å²) in [5.74, 6) is 0.745. The molecule has 2 heterocycles. The molecule has 0 bridgehead atoms. The Bertz CT molecular complexity index is 837. The SMILES string of the molecule is CC(C)(C)C1CCc2c(sc3c2C(=O)NC(c2cccc(Br)c2)N3)C1. The summed E-state index contributed by atoms with van der Waals surface area (Å²) in [4.78, 5) is 14.2. The summed E-state index contributed by atoms with van der Waals surface area (Å²) in [6, 6.07) is 8.08. The first-order valence-corrected chi connectivity index (χ1v) is 10.4. The number of fused-ring (bicyclic) bond motifs is 3. The van der Waals surface area contributed by atoms with Crippen molar-refractivity contribution in [3.63, 3.8) is 0 Å². The lowest BCUT2D eigenvalue weighted by Gasteiger charge is -2.34. The Morgan fingerprint density at radius 2 is 2.04 bits per heavy atom. The number of nitrogens with one attached hydrogen (secondary N) is 2. The fraction of sp³-hybridized carbons (Fsp3) is 0.450. The molecule has 1 aromatic heterocycles. The number of thiophene rings is 1. The van der Waals surface area contributed by atoms with Crippen LogP contribution in [0.2, 0.25) is 0 Å². The van der Waals surface area contributed by atoms with Crippen LogP contribution in [0.5, 0.6) is 0 Å². The van der Waals surface area contributed by atoms with Gasteiger partial charge in [0.1, 0.15) is 11.2 Å². The topological polar surface area (TPSA) is 41.1 Å². The number of halogens is 1. The average Bonchev–Trinajstić information content (AvgIpc) is 2.92. The van der Waals surface area contributed by atoms with Crippen LogP contribution in [0.15, 0.2) is 28.7 Å². The standard InChI is InChI=1S/C20H23BrN2OS/c1-20(2,3)12-7-8-14-15(10-12)25-19-16(14)18(24)22-17(23-19)11-5-4-6-13(21)9-11/h4-6,9,12,17,23H,7-8,10H2,1-3H3,(H,22,24). The first kappa shape index (κ1) is 17.1. The number of carbonyl (C=O) groups is 1. The van der Waals surface area contributed by atoms with Crippen molar-refractivity contribution in [1.82, 2.24) is 5.32 Å². The van der Waals surface area contributed by atoms with E-state index < -0.39 is 0 Å². The molecule has 1 aromatic carbocycles. The number of benzene rings is 1. The number of rotatable bonds is 1. The predicted molar refractivity (Wildman–Crippen MR) is 107 cm³/mol. The average molecular weight is 419 g/mol. The van der Waals surface area contributed by atoms with Crippen molar-refractivity contribution in [2.45, 2.75) is 46.2 Å². The first-order valence-electron chi connectivity index (χ1n) is 8.80. The fourth-order valence-electron chi connectivity index (χ4n) is 3.89. The van der Waals surface area contributed by atoms with Crippen LogP contribution in [0.1, 0.15) is 59.7 Å². The second-order valence-corrected chi connectivity index (χ2v) is 10.1. The van der Waals surface area contributed by atoms with E-state index in [0.717, 1.165) is 33.4 Å². The van der Waals surface area contributed by atoms with Gasteiger partial charge in [-0.1, -0.05) is 48.8 Å². The molecular weight excluding hydrogens is 396 g/mol. The maximum absolute atomic E-state index is 12.8. The summed E-state index contributed by atoms with van der Waals surface area (Å²) >= 11 is 5.29. The van der Waals surface area contributed by atoms with E-state index in [2.05, 4.69) is 47.3 Å². The molecule has 1 aliphatic heterocycles. The zero-order valence-electron chi connectivity index (χ0n) is 14.8. The van der Waals surface area contributed by atoms with E-state index in [1.54, 1.807) is 11.3 Å². The van der Waals surface area contributed by atoms with Crippen LogP contribution < -0.4 is 10.6 Å². The van der Waals surface area contributed by atoms with E-state index in [0.29, 0.717) is 11.3 Å². The molecule has 2 atom stereocenters. The van der Waals surface area contributed by atoms with E-state index >= 15 is 0 Å². The van der Waals surface area contributed by atoms with Gasteiger partial charge < -0.3 is 10.6 Å². The minimum Gasteiger partial charge on any atom is -0.353 e. The Kier molecular flexibility index (Phi) is 4.19. The lowest BCUT2D eigenvalue weighted by molar-refractivity contribution is 0.0935. The fourth-order valence-corrected chi connectivity index (χ4v) is 5.66. The van der Waals surface area contributed by atoms with Gasteiger partial charge in [0.25, 0.3) is 5.91 Å². The molecule has 1 aliphatic carbocycles. The molecule has 2 aliphatic rings. The van der Waals surface area contributed by atoms with E-state index in [9.17, 15) is 4.79 Å². The van der Waals surface area contributed by atoms with E-state index in [1.165, 1.54) is 16.9 Å². The van der Waals surface area contributed by atoms with E-state index in [1.807, 2.05) is 24.3 Å². The van der Waals surface area contributed by atoms with Crippen LogP contribution in [0.25, 0.3) is 0 Å². The third-order valence-corrected chi connectivity index (χ3v) is 7.13. The molecule has 0 radical (unpaired) electrons. The molecule has 0 saturated carbocycles. The van der Waals surface area contributed by atoms with Crippen LogP contribution >= 0.6 is 27.3 Å². The Balaban J connectivity index is 1.66. The van der Waals surface area contributed by atoms with Gasteiger partial charge >= 0.3 is 0 Å². The van der Waals surface area contributed by atoms with Crippen molar-refractivity contribution in [2.24, 2.45) is 11.3 Å². The molecule has 132 valence electrons. The monoisotopic (exact) mass is 418 g/mol. The van der Waals surface area contributed by atoms with Crippen LogP contribution in [0, 0.1) is 11.3 Å². The highest BCUT2D eigenvalue weighted by molar-refractivity contribution is 9.10. The van der Waals surface area contributed by atoms with Crippen molar-refractivity contribution in [3.05, 3.63) is 50.3 Å². The summed E-state index contributed by atoms with van der Waals surface area (Å²) in [5, 5.41) is 7.71. The van der Waals surface area contributed by atoms with E-state index in [-0.39, 0.29) is 12.1 Å². The van der Waals surface area contributed by atoms with Gasteiger partial charge in [0.05, 0.1) is 5.56 Å². The normalized spacial score (nSPS) is 22.6. The van der Waals surface area contributed by atoms with Crippen molar-refractivity contribution >= 4 is 38.2 Å². The highest BCUT2D eigenvalue weighted by Crippen LogP contribution is 2.46. The highest BCUT2D eigenvalue weighted by Gasteiger charge is 2.36. The third-order valence-electron chi connectivity index (χ3n) is 5.45. The van der Waals surface area contributed by atoms with Crippen molar-refractivity contribution in [1.29, 1.82) is 0 Å². The van der Waals surface area contributed by atoms with Crippen LogP contribution in [0.4, 0.5) is 5.00 Å². The van der Waals surface area contributed by atoms with Gasteiger partial charge in [0.15, 0.2) is 0 Å². The summed E-state index contributed by atoms with van der Waals surface area (Å²) in [5.41, 5.74) is 3.54. The molecular formula is C20H23BrN2OS. The maximum atomic E-state index is 12.8. The zero-order valence-corrected chi connectivity index (χ0v) is 17.2. The van der Waals surface area contributed by atoms with E-state index in [4.69, 9.17) is 0 Å². The van der Waals surface area contributed by atoms with Crippen molar-refractivity contribution in [2.75, 3.05) is 5.32 Å². The lowest BCUT2D eigenvalue weighted by Crippen LogP contribution is -2.38. The van der Waals surface area contributed by atoms with Gasteiger partial charge in [-0.2, -0.15) is 0 Å². The van der Waals surface area contributed by atoms with Crippen LogP contribution in [0.3, 0.4) is 0 Å². The van der Waals surface area contributed by atoms with Gasteiger partial charge in [0.2, 0.25) is 0 Å². The third kappa shape index (κ3) is 3.13. The number of carbonyl (C=O) groups excluding carboxylic acids is 1. The maximum Gasteiger partial charge on any atom is 0.256 e. The minimum atomic E-state index is -0.170. The molecule has 1 amide bonds. The Hall–Kier alpha value is -1.33. The molecule has 2 aromatic rings. The highest BCUT2D eigenvalue weighted by atomic mass is 79.9. The van der Waals surface area contributed by atoms with Crippen molar-refractivity contribution in [3.8, 4) is 0 Å². The summed E-state index contributed by atoms with van der Waals surface area (Å²) in [6.45, 7) is 6.97. The van der Waals surface area contributed by atoms with Gasteiger partial charge in [-0.05, 0) is 53.9 Å². The Morgan fingerprint density at radius 1 is 1.24 bits per heavy atom. The first-order chi connectivity index (χ1) is 11.8. The number of anilines is 1. The number of hydrogen-bond acceptors (Lipinski definition) is 3. The minimum absolute atomic E-state index is 0.0606. The second-order valence-electron chi connectivity index (χ2n) is 8.12. The molecule has 25 heavy (non-hydrogen) atoms. The Morgan fingerprint density at radius 3 is 2.76 bits per heavy atom. The van der Waals surface area contributed by atoms with Crippen molar-refractivity contribution < 1.29 is 4.79 Å². The second kappa shape index (κ2) is 6.13. The van der Waals surface area contributed by atoms with Crippen LogP contribution in [-0.4, -0.2) is 5.91 Å². The molecule has 2 unspecified atom stereocenters. The molecule has 3 nitrogen and oxygen atoms in total. The largest absolute Gasteiger partial charge is 0.353 e. The smallest absolute Gasteiger partial charge is 0.256 e. The molecule has 2 N–H and O–H groups in total. The molecule has 0 spiro atoms. The predicted octanol–water partition coefficient (Wildman–Crippen LogP) is 5.52. The van der Waals surface area contributed by atoms with Crippen LogP contribution in [-0.2, 0) is 12.8 Å². The summed E-state index contributed by atoms with van der Waals surface area (Å²) in [7, 11) is 0. The number of hydrogen-bond donors (Lipinski definition) is 2. The summed E-state index contributed by atoms with van der Waals surface area (Å²) in [6.07, 6.45) is 3.10. The van der Waals surface area contributed by atoms with Gasteiger partial charge in [-0.3, -0.25) is 4.79 Å². The molecule has 0 saturated heterocycles. The van der Waals surface area contributed by atoms with Gasteiger partial charge in [-0.15, -0.1) is 11.3 Å². The lowest BCUT2D eigenvalue weighted by atomic mass is 9.72.